The second-order valence-electron chi connectivity index (χ2n) is 5.24. The van der Waals surface area contributed by atoms with E-state index < -0.39 is 0 Å². The summed E-state index contributed by atoms with van der Waals surface area (Å²) in [6, 6.07) is 2.09. The smallest absolute Gasteiger partial charge is 0.133 e. The van der Waals surface area contributed by atoms with Crippen molar-refractivity contribution in [3.8, 4) is 0 Å². The number of aryl methyl sites for hydroxylation is 2. The molecule has 1 aromatic heterocycles. The first-order chi connectivity index (χ1) is 7.83. The number of hydrogen-bond donors (Lipinski definition) is 0. The second kappa shape index (κ2) is 5.26. The molecule has 0 bridgehead atoms. The van der Waals surface area contributed by atoms with Crippen molar-refractivity contribution in [3.05, 3.63) is 22.9 Å². The fraction of sp³-hybridized carbons (Fsp3) is 0.643. The van der Waals surface area contributed by atoms with Gasteiger partial charge in [0.1, 0.15) is 5.82 Å². The number of halogens is 1. The first-order valence-corrected chi connectivity index (χ1v) is 6.63. The summed E-state index contributed by atoms with van der Waals surface area (Å²) in [6.45, 7) is 10.8. The minimum atomic E-state index is 0.0913. The van der Waals surface area contributed by atoms with Crippen LogP contribution in [0.15, 0.2) is 6.07 Å². The molecule has 0 atom stereocenters. The normalized spacial score (nSPS) is 11.7. The van der Waals surface area contributed by atoms with E-state index in [0.717, 1.165) is 23.5 Å². The highest BCUT2D eigenvalue weighted by Gasteiger charge is 2.25. The van der Waals surface area contributed by atoms with Crippen LogP contribution in [0.1, 0.15) is 44.0 Å². The number of alkyl halides is 1. The number of nitrogens with zero attached hydrogens (tertiary/aromatic N) is 2. The van der Waals surface area contributed by atoms with E-state index in [-0.39, 0.29) is 5.54 Å². The lowest BCUT2D eigenvalue weighted by Crippen LogP contribution is -2.41. The maximum Gasteiger partial charge on any atom is 0.133 e. The van der Waals surface area contributed by atoms with Crippen LogP contribution in [-0.4, -0.2) is 17.6 Å². The topological polar surface area (TPSA) is 16.1 Å². The van der Waals surface area contributed by atoms with Gasteiger partial charge in [0.05, 0.1) is 5.88 Å². The third-order valence-corrected chi connectivity index (χ3v) is 3.95. The standard InChI is InChI=1S/C14H23ClN2/c1-7-14(4,5)17(6)13-12(9-15)10(2)8-11(3)16-13/h8H,7,9H2,1-6H3. The molecule has 1 rings (SSSR count). The van der Waals surface area contributed by atoms with Gasteiger partial charge >= 0.3 is 0 Å². The lowest BCUT2D eigenvalue weighted by molar-refractivity contribution is 0.466. The number of anilines is 1. The fourth-order valence-electron chi connectivity index (χ4n) is 1.81. The van der Waals surface area contributed by atoms with Crippen LogP contribution in [0.25, 0.3) is 0 Å². The summed E-state index contributed by atoms with van der Waals surface area (Å²) >= 11 is 6.06. The summed E-state index contributed by atoms with van der Waals surface area (Å²) < 4.78 is 0. The van der Waals surface area contributed by atoms with Crippen molar-refractivity contribution in [1.29, 1.82) is 0 Å². The molecule has 0 aliphatic carbocycles. The summed E-state index contributed by atoms with van der Waals surface area (Å²) in [4.78, 5) is 6.90. The molecule has 0 aliphatic heterocycles. The number of pyridine rings is 1. The molecule has 2 nitrogen and oxygen atoms in total. The van der Waals surface area contributed by atoms with Gasteiger partial charge in [0.15, 0.2) is 0 Å². The number of aromatic nitrogens is 1. The predicted molar refractivity (Wildman–Crippen MR) is 76.0 cm³/mol. The molecule has 1 aromatic rings. The van der Waals surface area contributed by atoms with Gasteiger partial charge < -0.3 is 4.90 Å². The Hall–Kier alpha value is -0.760. The Morgan fingerprint density at radius 1 is 1.35 bits per heavy atom. The monoisotopic (exact) mass is 254 g/mol. The fourth-order valence-corrected chi connectivity index (χ4v) is 2.14. The molecule has 17 heavy (non-hydrogen) atoms. The van der Waals surface area contributed by atoms with Gasteiger partial charge in [-0.15, -0.1) is 11.6 Å². The van der Waals surface area contributed by atoms with E-state index in [9.17, 15) is 0 Å². The molecule has 0 saturated heterocycles. The summed E-state index contributed by atoms with van der Waals surface area (Å²) in [6.07, 6.45) is 1.07. The predicted octanol–water partition coefficient (Wildman–Crippen LogP) is 4.06. The Labute approximate surface area is 110 Å². The zero-order valence-electron chi connectivity index (χ0n) is 11.8. The SMILES string of the molecule is CCC(C)(C)N(C)c1nc(C)cc(C)c1CCl. The van der Waals surface area contributed by atoms with Crippen molar-refractivity contribution in [1.82, 2.24) is 4.98 Å². The molecular weight excluding hydrogens is 232 g/mol. The zero-order chi connectivity index (χ0) is 13.2. The molecule has 0 amide bonds. The zero-order valence-corrected chi connectivity index (χ0v) is 12.5. The lowest BCUT2D eigenvalue weighted by atomic mass is 9.98. The molecule has 0 N–H and O–H groups in total. The Morgan fingerprint density at radius 3 is 2.41 bits per heavy atom. The molecule has 0 spiro atoms. The van der Waals surface area contributed by atoms with Crippen LogP contribution in [0.4, 0.5) is 5.82 Å². The Balaban J connectivity index is 3.30. The Bertz CT molecular complexity index is 399. The molecule has 3 heteroatoms. The molecular formula is C14H23ClN2. The number of rotatable bonds is 4. The van der Waals surface area contributed by atoms with Gasteiger partial charge in [-0.25, -0.2) is 4.98 Å². The van der Waals surface area contributed by atoms with Crippen molar-refractivity contribution in [2.24, 2.45) is 0 Å². The van der Waals surface area contributed by atoms with Crippen LogP contribution in [-0.2, 0) is 5.88 Å². The average Bonchev–Trinajstić information content (AvgIpc) is 2.27. The van der Waals surface area contributed by atoms with Crippen LogP contribution in [0.5, 0.6) is 0 Å². The molecule has 96 valence electrons. The van der Waals surface area contributed by atoms with Gasteiger partial charge in [-0.3, -0.25) is 0 Å². The minimum absolute atomic E-state index is 0.0913. The first kappa shape index (κ1) is 14.3. The molecule has 0 unspecified atom stereocenters. The van der Waals surface area contributed by atoms with Gasteiger partial charge in [-0.05, 0) is 45.7 Å². The van der Waals surface area contributed by atoms with E-state index in [0.29, 0.717) is 5.88 Å². The second-order valence-corrected chi connectivity index (χ2v) is 5.51. The van der Waals surface area contributed by atoms with Crippen molar-refractivity contribution in [3.63, 3.8) is 0 Å². The van der Waals surface area contributed by atoms with Gasteiger partial charge in [0, 0.05) is 23.8 Å². The minimum Gasteiger partial charge on any atom is -0.354 e. The number of hydrogen-bond acceptors (Lipinski definition) is 2. The van der Waals surface area contributed by atoms with E-state index in [1.165, 1.54) is 5.56 Å². The average molecular weight is 255 g/mol. The van der Waals surface area contributed by atoms with Crippen molar-refractivity contribution < 1.29 is 0 Å². The van der Waals surface area contributed by atoms with Crippen LogP contribution in [0.2, 0.25) is 0 Å². The highest BCUT2D eigenvalue weighted by Crippen LogP contribution is 2.29. The molecule has 0 fully saturated rings. The molecule has 0 radical (unpaired) electrons. The van der Waals surface area contributed by atoms with Crippen LogP contribution < -0.4 is 4.90 Å². The van der Waals surface area contributed by atoms with E-state index in [1.54, 1.807) is 0 Å². The summed E-state index contributed by atoms with van der Waals surface area (Å²) in [5.41, 5.74) is 3.50. The first-order valence-electron chi connectivity index (χ1n) is 6.10. The van der Waals surface area contributed by atoms with Crippen molar-refractivity contribution in [2.45, 2.75) is 52.5 Å². The van der Waals surface area contributed by atoms with E-state index in [1.807, 2.05) is 6.92 Å². The Kier molecular flexibility index (Phi) is 4.42. The Morgan fingerprint density at radius 2 is 1.94 bits per heavy atom. The molecule has 0 saturated carbocycles. The molecule has 0 aliphatic rings. The molecule has 0 aromatic carbocycles. The van der Waals surface area contributed by atoms with Crippen LogP contribution >= 0.6 is 11.6 Å². The summed E-state index contributed by atoms with van der Waals surface area (Å²) in [7, 11) is 2.10. The van der Waals surface area contributed by atoms with Crippen LogP contribution in [0.3, 0.4) is 0 Å². The maximum absolute atomic E-state index is 6.06. The highest BCUT2D eigenvalue weighted by molar-refractivity contribution is 6.17. The maximum atomic E-state index is 6.06. The molecule has 1 heterocycles. The van der Waals surface area contributed by atoms with E-state index >= 15 is 0 Å². The van der Waals surface area contributed by atoms with E-state index in [4.69, 9.17) is 11.6 Å². The van der Waals surface area contributed by atoms with E-state index in [2.05, 4.69) is 50.7 Å². The largest absolute Gasteiger partial charge is 0.354 e. The summed E-state index contributed by atoms with van der Waals surface area (Å²) in [5.74, 6) is 1.53. The van der Waals surface area contributed by atoms with Gasteiger partial charge in [0.2, 0.25) is 0 Å². The summed E-state index contributed by atoms with van der Waals surface area (Å²) in [5, 5.41) is 0. The van der Waals surface area contributed by atoms with Crippen molar-refractivity contribution in [2.75, 3.05) is 11.9 Å². The van der Waals surface area contributed by atoms with Gasteiger partial charge in [0.25, 0.3) is 0 Å². The van der Waals surface area contributed by atoms with Gasteiger partial charge in [-0.2, -0.15) is 0 Å². The van der Waals surface area contributed by atoms with Gasteiger partial charge in [-0.1, -0.05) is 6.92 Å². The van der Waals surface area contributed by atoms with Crippen molar-refractivity contribution >= 4 is 17.4 Å². The lowest BCUT2D eigenvalue weighted by Gasteiger charge is -2.37. The third kappa shape index (κ3) is 2.92. The van der Waals surface area contributed by atoms with Crippen LogP contribution in [0, 0.1) is 13.8 Å². The third-order valence-electron chi connectivity index (χ3n) is 3.68. The quantitative estimate of drug-likeness (QED) is 0.754. The highest BCUT2D eigenvalue weighted by atomic mass is 35.5.